The van der Waals surface area contributed by atoms with Gasteiger partial charge in [-0.05, 0) is 42.0 Å². The number of nitrogens with zero attached hydrogens (tertiary/aromatic N) is 2. The lowest BCUT2D eigenvalue weighted by molar-refractivity contribution is 0.0600. The van der Waals surface area contributed by atoms with Crippen molar-refractivity contribution in [1.29, 1.82) is 0 Å². The summed E-state index contributed by atoms with van der Waals surface area (Å²) < 4.78 is 6.58. The molecule has 0 atom stereocenters. The van der Waals surface area contributed by atoms with Crippen LogP contribution in [-0.4, -0.2) is 28.8 Å². The number of methoxy groups -OCH3 is 1. The standard InChI is InChI=1S/C23H20N4O3/c1-30-23(29)17-10-11-19(24)21(12-17)25-22(28)16-8-6-15(7-9-16)13-27-14-18-4-2-3-5-20(18)26-27/h2-12,14H,13,24H2,1H3,(H,25,28). The second-order valence-corrected chi connectivity index (χ2v) is 6.83. The fourth-order valence-electron chi connectivity index (χ4n) is 3.15. The third-order valence-electron chi connectivity index (χ3n) is 4.74. The molecule has 0 saturated heterocycles. The highest BCUT2D eigenvalue weighted by molar-refractivity contribution is 6.06. The number of esters is 1. The molecule has 0 unspecified atom stereocenters. The number of rotatable bonds is 5. The predicted molar refractivity (Wildman–Crippen MR) is 115 cm³/mol. The molecule has 1 amide bonds. The maximum Gasteiger partial charge on any atom is 0.337 e. The zero-order valence-corrected chi connectivity index (χ0v) is 16.3. The molecule has 0 saturated carbocycles. The number of nitrogen functional groups attached to an aromatic ring is 1. The number of carbonyl (C=O) groups excluding carboxylic acids is 2. The molecule has 4 aromatic rings. The van der Waals surface area contributed by atoms with E-state index < -0.39 is 5.97 Å². The van der Waals surface area contributed by atoms with Gasteiger partial charge in [0.1, 0.15) is 0 Å². The fraction of sp³-hybridized carbons (Fsp3) is 0.0870. The van der Waals surface area contributed by atoms with Crippen LogP contribution in [0.1, 0.15) is 26.3 Å². The number of hydrogen-bond donors (Lipinski definition) is 2. The van der Waals surface area contributed by atoms with Gasteiger partial charge in [-0.15, -0.1) is 0 Å². The van der Waals surface area contributed by atoms with Crippen LogP contribution in [0.2, 0.25) is 0 Å². The number of nitrogens with one attached hydrogen (secondary N) is 1. The van der Waals surface area contributed by atoms with E-state index in [1.165, 1.54) is 13.2 Å². The van der Waals surface area contributed by atoms with E-state index >= 15 is 0 Å². The number of anilines is 2. The van der Waals surface area contributed by atoms with Gasteiger partial charge in [-0.3, -0.25) is 9.48 Å². The van der Waals surface area contributed by atoms with Crippen LogP contribution in [0, 0.1) is 0 Å². The smallest absolute Gasteiger partial charge is 0.337 e. The number of aromatic nitrogens is 2. The van der Waals surface area contributed by atoms with Crippen LogP contribution < -0.4 is 11.1 Å². The third-order valence-corrected chi connectivity index (χ3v) is 4.74. The van der Waals surface area contributed by atoms with Crippen LogP contribution in [-0.2, 0) is 11.3 Å². The maximum atomic E-state index is 12.6. The summed E-state index contributed by atoms with van der Waals surface area (Å²) in [5, 5.41) is 8.37. The highest BCUT2D eigenvalue weighted by atomic mass is 16.5. The van der Waals surface area contributed by atoms with Crippen LogP contribution in [0.25, 0.3) is 10.9 Å². The lowest BCUT2D eigenvalue weighted by Gasteiger charge is -2.10. The molecule has 3 N–H and O–H groups in total. The van der Waals surface area contributed by atoms with E-state index in [0.717, 1.165) is 16.5 Å². The minimum Gasteiger partial charge on any atom is -0.465 e. The SMILES string of the molecule is COC(=O)c1ccc(N)c(NC(=O)c2ccc(Cn3cc4ccccc4n3)cc2)c1. The van der Waals surface area contributed by atoms with Gasteiger partial charge < -0.3 is 15.8 Å². The molecule has 0 spiro atoms. The average molecular weight is 400 g/mol. The fourth-order valence-corrected chi connectivity index (χ4v) is 3.15. The van der Waals surface area contributed by atoms with Crippen molar-refractivity contribution in [3.63, 3.8) is 0 Å². The summed E-state index contributed by atoms with van der Waals surface area (Å²) in [5.74, 6) is -0.818. The summed E-state index contributed by atoms with van der Waals surface area (Å²) in [4.78, 5) is 24.3. The monoisotopic (exact) mass is 400 g/mol. The van der Waals surface area contributed by atoms with Crippen LogP contribution in [0.3, 0.4) is 0 Å². The first kappa shape index (κ1) is 19.2. The van der Waals surface area contributed by atoms with Crippen molar-refractivity contribution < 1.29 is 14.3 Å². The quantitative estimate of drug-likeness (QED) is 0.393. The first-order valence-corrected chi connectivity index (χ1v) is 9.34. The van der Waals surface area contributed by atoms with Gasteiger partial charge in [0.15, 0.2) is 0 Å². The lowest BCUT2D eigenvalue weighted by atomic mass is 10.1. The van der Waals surface area contributed by atoms with Gasteiger partial charge in [-0.25, -0.2) is 4.79 Å². The van der Waals surface area contributed by atoms with Crippen molar-refractivity contribution in [2.24, 2.45) is 0 Å². The van der Waals surface area contributed by atoms with Gasteiger partial charge in [-0.1, -0.05) is 30.3 Å². The Morgan fingerprint density at radius 1 is 1.03 bits per heavy atom. The topological polar surface area (TPSA) is 99.2 Å². The normalized spacial score (nSPS) is 10.7. The van der Waals surface area contributed by atoms with Crippen molar-refractivity contribution in [2.75, 3.05) is 18.2 Å². The van der Waals surface area contributed by atoms with Gasteiger partial charge in [-0.2, -0.15) is 5.10 Å². The van der Waals surface area contributed by atoms with Crippen molar-refractivity contribution >= 4 is 34.2 Å². The van der Waals surface area contributed by atoms with Gasteiger partial charge in [0, 0.05) is 17.1 Å². The van der Waals surface area contributed by atoms with E-state index in [1.807, 2.05) is 47.3 Å². The molecule has 0 aliphatic heterocycles. The van der Waals surface area contributed by atoms with Crippen LogP contribution in [0.15, 0.2) is 72.9 Å². The summed E-state index contributed by atoms with van der Waals surface area (Å²) in [5.41, 5.74) is 9.39. The molecule has 0 radical (unpaired) electrons. The highest BCUT2D eigenvalue weighted by Crippen LogP contribution is 2.22. The number of benzene rings is 3. The number of hydrogen-bond acceptors (Lipinski definition) is 5. The molecular formula is C23H20N4O3. The Bertz CT molecular complexity index is 1200. The first-order valence-electron chi connectivity index (χ1n) is 9.34. The maximum absolute atomic E-state index is 12.6. The molecule has 3 aromatic carbocycles. The Kier molecular flexibility index (Phi) is 5.17. The Morgan fingerprint density at radius 3 is 2.50 bits per heavy atom. The molecule has 0 aliphatic carbocycles. The van der Waals surface area contributed by atoms with E-state index in [2.05, 4.69) is 10.4 Å². The summed E-state index contributed by atoms with van der Waals surface area (Å²) >= 11 is 0. The van der Waals surface area contributed by atoms with Gasteiger partial charge in [0.05, 0.1) is 36.1 Å². The zero-order chi connectivity index (χ0) is 21.1. The van der Waals surface area contributed by atoms with Gasteiger partial charge in [0.25, 0.3) is 5.91 Å². The van der Waals surface area contributed by atoms with Crippen molar-refractivity contribution in [1.82, 2.24) is 9.78 Å². The second kappa shape index (κ2) is 8.08. The molecule has 1 aromatic heterocycles. The molecular weight excluding hydrogens is 380 g/mol. The summed E-state index contributed by atoms with van der Waals surface area (Å²) in [6.45, 7) is 0.602. The van der Waals surface area contributed by atoms with E-state index in [9.17, 15) is 9.59 Å². The molecule has 7 nitrogen and oxygen atoms in total. The second-order valence-electron chi connectivity index (χ2n) is 6.83. The van der Waals surface area contributed by atoms with Crippen molar-refractivity contribution in [3.05, 3.63) is 89.6 Å². The molecule has 7 heteroatoms. The van der Waals surface area contributed by atoms with E-state index in [0.29, 0.717) is 29.0 Å². The minimum atomic E-state index is -0.499. The number of fused-ring (bicyclic) bond motifs is 1. The summed E-state index contributed by atoms with van der Waals surface area (Å²) in [6, 6.07) is 19.8. The van der Waals surface area contributed by atoms with E-state index in [-0.39, 0.29) is 5.91 Å². The zero-order valence-electron chi connectivity index (χ0n) is 16.3. The molecule has 0 bridgehead atoms. The number of amides is 1. The summed E-state index contributed by atoms with van der Waals surface area (Å²) in [6.07, 6.45) is 1.99. The van der Waals surface area contributed by atoms with E-state index in [1.54, 1.807) is 24.3 Å². The molecule has 4 rings (SSSR count). The number of carbonyl (C=O) groups is 2. The van der Waals surface area contributed by atoms with E-state index in [4.69, 9.17) is 10.5 Å². The number of nitrogens with two attached hydrogens (primary N) is 1. The highest BCUT2D eigenvalue weighted by Gasteiger charge is 2.12. The molecule has 150 valence electrons. The Morgan fingerprint density at radius 2 is 1.77 bits per heavy atom. The third kappa shape index (κ3) is 4.00. The molecule has 1 heterocycles. The minimum absolute atomic E-state index is 0.309. The number of ether oxygens (including phenoxy) is 1. The van der Waals surface area contributed by atoms with Crippen molar-refractivity contribution in [3.8, 4) is 0 Å². The van der Waals surface area contributed by atoms with Crippen LogP contribution in [0.4, 0.5) is 11.4 Å². The van der Waals surface area contributed by atoms with Gasteiger partial charge >= 0.3 is 5.97 Å². The lowest BCUT2D eigenvalue weighted by Crippen LogP contribution is -2.14. The van der Waals surface area contributed by atoms with Crippen LogP contribution in [0.5, 0.6) is 0 Å². The Balaban J connectivity index is 1.47. The average Bonchev–Trinajstić information content (AvgIpc) is 3.17. The predicted octanol–water partition coefficient (Wildman–Crippen LogP) is 3.71. The molecule has 0 aliphatic rings. The van der Waals surface area contributed by atoms with Gasteiger partial charge in [0.2, 0.25) is 0 Å². The molecule has 30 heavy (non-hydrogen) atoms. The largest absolute Gasteiger partial charge is 0.465 e. The summed E-state index contributed by atoms with van der Waals surface area (Å²) in [7, 11) is 1.30. The Hall–Kier alpha value is -4.13. The van der Waals surface area contributed by atoms with Crippen LogP contribution >= 0.6 is 0 Å². The van der Waals surface area contributed by atoms with Crippen molar-refractivity contribution in [2.45, 2.75) is 6.54 Å². The molecule has 0 fully saturated rings. The Labute approximate surface area is 173 Å². The first-order chi connectivity index (χ1) is 14.5.